The summed E-state index contributed by atoms with van der Waals surface area (Å²) in [5.74, 6) is 1.15. The first-order chi connectivity index (χ1) is 6.54. The van der Waals surface area contributed by atoms with Crippen LogP contribution in [0.5, 0.6) is 0 Å². The molecule has 0 radical (unpaired) electrons. The van der Waals surface area contributed by atoms with Crippen LogP contribution in [-0.2, 0) is 13.1 Å². The lowest BCUT2D eigenvalue weighted by Gasteiger charge is -2.32. The standard InChI is InChI=1S/C10H18N4/c1-10(2,11)8-13-5-6-14-4-3-12-9(14)7-13/h3-4H,5-8,11H2,1-2H3. The van der Waals surface area contributed by atoms with Crippen molar-refractivity contribution in [3.05, 3.63) is 18.2 Å². The highest BCUT2D eigenvalue weighted by molar-refractivity contribution is 4.96. The second-order valence-electron chi connectivity index (χ2n) is 4.74. The van der Waals surface area contributed by atoms with Crippen molar-refractivity contribution >= 4 is 0 Å². The highest BCUT2D eigenvalue weighted by Gasteiger charge is 2.21. The monoisotopic (exact) mass is 194 g/mol. The van der Waals surface area contributed by atoms with Crippen LogP contribution in [0.4, 0.5) is 0 Å². The minimum atomic E-state index is -0.116. The van der Waals surface area contributed by atoms with Crippen molar-refractivity contribution in [3.63, 3.8) is 0 Å². The molecule has 0 unspecified atom stereocenters. The van der Waals surface area contributed by atoms with E-state index >= 15 is 0 Å². The number of hydrogen-bond donors (Lipinski definition) is 1. The molecule has 0 saturated heterocycles. The molecule has 1 aliphatic heterocycles. The van der Waals surface area contributed by atoms with Crippen LogP contribution in [0.2, 0.25) is 0 Å². The van der Waals surface area contributed by atoms with Crippen LogP contribution < -0.4 is 5.73 Å². The summed E-state index contributed by atoms with van der Waals surface area (Å²) in [6, 6.07) is 0. The number of imidazole rings is 1. The van der Waals surface area contributed by atoms with Crippen molar-refractivity contribution in [2.24, 2.45) is 5.73 Å². The fourth-order valence-corrected chi connectivity index (χ4v) is 1.93. The second kappa shape index (κ2) is 3.37. The number of fused-ring (bicyclic) bond motifs is 1. The Morgan fingerprint density at radius 2 is 2.29 bits per heavy atom. The van der Waals surface area contributed by atoms with Gasteiger partial charge in [-0.05, 0) is 13.8 Å². The summed E-state index contributed by atoms with van der Waals surface area (Å²) < 4.78 is 2.21. The van der Waals surface area contributed by atoms with E-state index in [1.807, 2.05) is 12.4 Å². The average molecular weight is 194 g/mol. The van der Waals surface area contributed by atoms with Crippen molar-refractivity contribution in [1.82, 2.24) is 14.5 Å². The third-order valence-corrected chi connectivity index (χ3v) is 2.45. The van der Waals surface area contributed by atoms with Crippen molar-refractivity contribution < 1.29 is 0 Å². The summed E-state index contributed by atoms with van der Waals surface area (Å²) in [7, 11) is 0. The van der Waals surface area contributed by atoms with E-state index in [-0.39, 0.29) is 5.54 Å². The second-order valence-corrected chi connectivity index (χ2v) is 4.74. The number of rotatable bonds is 2. The smallest absolute Gasteiger partial charge is 0.122 e. The first-order valence-electron chi connectivity index (χ1n) is 5.06. The molecule has 4 nitrogen and oxygen atoms in total. The zero-order chi connectivity index (χ0) is 10.2. The quantitative estimate of drug-likeness (QED) is 0.743. The maximum atomic E-state index is 5.99. The minimum absolute atomic E-state index is 0.116. The van der Waals surface area contributed by atoms with E-state index < -0.39 is 0 Å². The van der Waals surface area contributed by atoms with Gasteiger partial charge in [-0.15, -0.1) is 0 Å². The van der Waals surface area contributed by atoms with Crippen LogP contribution in [0.3, 0.4) is 0 Å². The summed E-state index contributed by atoms with van der Waals surface area (Å²) in [6.45, 7) is 8.09. The molecular weight excluding hydrogens is 176 g/mol. The summed E-state index contributed by atoms with van der Waals surface area (Å²) in [4.78, 5) is 6.68. The van der Waals surface area contributed by atoms with Gasteiger partial charge in [-0.25, -0.2) is 4.98 Å². The topological polar surface area (TPSA) is 47.1 Å². The molecule has 78 valence electrons. The van der Waals surface area contributed by atoms with Crippen molar-refractivity contribution in [2.75, 3.05) is 13.1 Å². The average Bonchev–Trinajstić information content (AvgIpc) is 2.47. The molecule has 0 aromatic carbocycles. The van der Waals surface area contributed by atoms with E-state index in [1.54, 1.807) is 0 Å². The van der Waals surface area contributed by atoms with Gasteiger partial charge in [0.05, 0.1) is 6.54 Å². The lowest BCUT2D eigenvalue weighted by Crippen LogP contribution is -2.47. The largest absolute Gasteiger partial charge is 0.333 e. The van der Waals surface area contributed by atoms with Crippen molar-refractivity contribution in [3.8, 4) is 0 Å². The Balaban J connectivity index is 2.01. The fourth-order valence-electron chi connectivity index (χ4n) is 1.93. The molecule has 1 aromatic heterocycles. The lowest BCUT2D eigenvalue weighted by atomic mass is 10.1. The molecule has 0 fully saturated rings. The van der Waals surface area contributed by atoms with Gasteiger partial charge in [-0.1, -0.05) is 0 Å². The van der Waals surface area contributed by atoms with Crippen LogP contribution in [0.25, 0.3) is 0 Å². The maximum absolute atomic E-state index is 5.99. The van der Waals surface area contributed by atoms with Gasteiger partial charge >= 0.3 is 0 Å². The molecule has 2 heterocycles. The zero-order valence-electron chi connectivity index (χ0n) is 8.90. The zero-order valence-corrected chi connectivity index (χ0v) is 8.90. The molecule has 1 aliphatic rings. The molecule has 0 spiro atoms. The number of nitrogens with two attached hydrogens (primary N) is 1. The molecule has 1 aromatic rings. The van der Waals surface area contributed by atoms with Crippen molar-refractivity contribution in [2.45, 2.75) is 32.5 Å². The first kappa shape index (κ1) is 9.68. The molecular formula is C10H18N4. The van der Waals surface area contributed by atoms with Gasteiger partial charge in [-0.3, -0.25) is 4.90 Å². The molecule has 4 heteroatoms. The minimum Gasteiger partial charge on any atom is -0.333 e. The summed E-state index contributed by atoms with van der Waals surface area (Å²) in [5.41, 5.74) is 5.88. The van der Waals surface area contributed by atoms with Gasteiger partial charge in [-0.2, -0.15) is 0 Å². The Labute approximate surface area is 84.7 Å². The Morgan fingerprint density at radius 3 is 3.00 bits per heavy atom. The Kier molecular flexibility index (Phi) is 2.33. The van der Waals surface area contributed by atoms with Gasteiger partial charge in [0.15, 0.2) is 0 Å². The SMILES string of the molecule is CC(C)(N)CN1CCn2ccnc2C1. The Bertz CT molecular complexity index is 310. The highest BCUT2D eigenvalue weighted by atomic mass is 15.2. The first-order valence-corrected chi connectivity index (χ1v) is 5.06. The van der Waals surface area contributed by atoms with E-state index in [4.69, 9.17) is 5.73 Å². The highest BCUT2D eigenvalue weighted by Crippen LogP contribution is 2.12. The summed E-state index contributed by atoms with van der Waals surface area (Å²) in [5, 5.41) is 0. The third kappa shape index (κ3) is 2.13. The van der Waals surface area contributed by atoms with Gasteiger partial charge in [0.2, 0.25) is 0 Å². The molecule has 0 atom stereocenters. The van der Waals surface area contributed by atoms with Crippen LogP contribution in [0, 0.1) is 0 Å². The predicted octanol–water partition coefficient (Wildman–Crippen LogP) is 0.436. The molecule has 0 bridgehead atoms. The number of nitrogens with zero attached hydrogens (tertiary/aromatic N) is 3. The summed E-state index contributed by atoms with van der Waals surface area (Å²) >= 11 is 0. The van der Waals surface area contributed by atoms with E-state index in [0.717, 1.165) is 32.0 Å². The van der Waals surface area contributed by atoms with Gasteiger partial charge < -0.3 is 10.3 Å². The fraction of sp³-hybridized carbons (Fsp3) is 0.700. The van der Waals surface area contributed by atoms with Gasteiger partial charge in [0.25, 0.3) is 0 Å². The van der Waals surface area contributed by atoms with Crippen LogP contribution in [0.15, 0.2) is 12.4 Å². The Morgan fingerprint density at radius 1 is 1.50 bits per heavy atom. The van der Waals surface area contributed by atoms with E-state index in [2.05, 4.69) is 28.3 Å². The number of hydrogen-bond acceptors (Lipinski definition) is 3. The Hall–Kier alpha value is -0.870. The van der Waals surface area contributed by atoms with Gasteiger partial charge in [0.1, 0.15) is 5.82 Å². The predicted molar refractivity (Wildman–Crippen MR) is 55.8 cm³/mol. The van der Waals surface area contributed by atoms with Crippen LogP contribution in [0.1, 0.15) is 19.7 Å². The van der Waals surface area contributed by atoms with E-state index in [1.165, 1.54) is 0 Å². The van der Waals surface area contributed by atoms with Crippen LogP contribution in [-0.4, -0.2) is 33.1 Å². The molecule has 14 heavy (non-hydrogen) atoms. The third-order valence-electron chi connectivity index (χ3n) is 2.45. The lowest BCUT2D eigenvalue weighted by molar-refractivity contribution is 0.181. The number of aromatic nitrogens is 2. The molecule has 2 rings (SSSR count). The van der Waals surface area contributed by atoms with Gasteiger partial charge in [0, 0.05) is 37.6 Å². The molecule has 0 saturated carbocycles. The molecule has 0 amide bonds. The van der Waals surface area contributed by atoms with E-state index in [9.17, 15) is 0 Å². The molecule has 0 aliphatic carbocycles. The summed E-state index contributed by atoms with van der Waals surface area (Å²) in [6.07, 6.45) is 3.91. The molecule has 2 N–H and O–H groups in total. The van der Waals surface area contributed by atoms with E-state index in [0.29, 0.717) is 0 Å². The van der Waals surface area contributed by atoms with Crippen LogP contribution >= 0.6 is 0 Å². The maximum Gasteiger partial charge on any atom is 0.122 e. The van der Waals surface area contributed by atoms with Crippen molar-refractivity contribution in [1.29, 1.82) is 0 Å². The normalized spacial score (nSPS) is 18.2.